The predicted octanol–water partition coefficient (Wildman–Crippen LogP) is 4.49. The number of ether oxygens (including phenoxy) is 2. The van der Waals surface area contributed by atoms with E-state index in [-0.39, 0.29) is 17.5 Å². The normalized spacial score (nSPS) is 11.0. The summed E-state index contributed by atoms with van der Waals surface area (Å²) in [5.74, 6) is -0.364. The molecule has 0 radical (unpaired) electrons. The number of carboxylic acid groups (broad SMARTS) is 1. The molecule has 0 aliphatic rings. The number of hydrogen-bond donors (Lipinski definition) is 1. The zero-order valence-electron chi connectivity index (χ0n) is 15.6. The summed E-state index contributed by atoms with van der Waals surface area (Å²) < 4.78 is 11.0. The van der Waals surface area contributed by atoms with Gasteiger partial charge in [-0.3, -0.25) is 9.79 Å². The van der Waals surface area contributed by atoms with Crippen molar-refractivity contribution >= 4 is 23.8 Å². The Morgan fingerprint density at radius 3 is 2.56 bits per heavy atom. The van der Waals surface area contributed by atoms with Crippen LogP contribution in [0.15, 0.2) is 47.5 Å². The summed E-state index contributed by atoms with van der Waals surface area (Å²) in [5.41, 5.74) is 1.18. The topological polar surface area (TPSA) is 85.2 Å². The largest absolute Gasteiger partial charge is 0.490 e. The summed E-state index contributed by atoms with van der Waals surface area (Å²) in [4.78, 5) is 27.4. The van der Waals surface area contributed by atoms with Gasteiger partial charge < -0.3 is 14.6 Å². The van der Waals surface area contributed by atoms with Crippen LogP contribution >= 0.6 is 0 Å². The van der Waals surface area contributed by atoms with E-state index in [0.29, 0.717) is 35.8 Å². The van der Waals surface area contributed by atoms with E-state index in [9.17, 15) is 14.7 Å². The molecule has 0 saturated carbocycles. The molecule has 0 unspecified atom stereocenters. The third-order valence-corrected chi connectivity index (χ3v) is 3.55. The van der Waals surface area contributed by atoms with Crippen LogP contribution in [0.25, 0.3) is 0 Å². The second kappa shape index (κ2) is 9.52. The minimum Gasteiger partial charge on any atom is -0.490 e. The number of carbonyl (C=O) groups is 2. The quantitative estimate of drug-likeness (QED) is 0.421. The third kappa shape index (κ3) is 5.95. The number of carbonyl (C=O) groups excluding carboxylic acids is 1. The number of carboxylic acids is 1. The number of hydrogen-bond acceptors (Lipinski definition) is 5. The molecule has 0 fully saturated rings. The van der Waals surface area contributed by atoms with Gasteiger partial charge in [0.2, 0.25) is 0 Å². The highest BCUT2D eigenvalue weighted by Gasteiger charge is 2.13. The molecule has 6 heteroatoms. The van der Waals surface area contributed by atoms with Crippen LogP contribution in [0.4, 0.5) is 5.69 Å². The second-order valence-corrected chi connectivity index (χ2v) is 6.29. The van der Waals surface area contributed by atoms with E-state index >= 15 is 0 Å². The molecule has 0 bridgehead atoms. The SMILES string of the molecule is CCOc1cc(C=Nc2ccccc2C(=O)O)ccc1OC(=O)CC(C)C. The second-order valence-electron chi connectivity index (χ2n) is 6.29. The van der Waals surface area contributed by atoms with E-state index in [4.69, 9.17) is 9.47 Å². The number of aliphatic imine (C=N–C) groups is 1. The van der Waals surface area contributed by atoms with Crippen molar-refractivity contribution < 1.29 is 24.2 Å². The maximum absolute atomic E-state index is 11.9. The molecule has 2 aromatic carbocycles. The monoisotopic (exact) mass is 369 g/mol. The van der Waals surface area contributed by atoms with Crippen LogP contribution in [0, 0.1) is 5.92 Å². The van der Waals surface area contributed by atoms with Crippen LogP contribution in [0.2, 0.25) is 0 Å². The minimum atomic E-state index is -1.04. The fourth-order valence-corrected chi connectivity index (χ4v) is 2.37. The van der Waals surface area contributed by atoms with Crippen LogP contribution in [-0.4, -0.2) is 29.9 Å². The lowest BCUT2D eigenvalue weighted by Gasteiger charge is -2.12. The van der Waals surface area contributed by atoms with Gasteiger partial charge in [-0.25, -0.2) is 4.79 Å². The molecule has 6 nitrogen and oxygen atoms in total. The smallest absolute Gasteiger partial charge is 0.337 e. The molecule has 1 N–H and O–H groups in total. The molecule has 0 saturated heterocycles. The lowest BCUT2D eigenvalue weighted by Crippen LogP contribution is -2.11. The summed E-state index contributed by atoms with van der Waals surface area (Å²) >= 11 is 0. The van der Waals surface area contributed by atoms with Gasteiger partial charge in [-0.2, -0.15) is 0 Å². The van der Waals surface area contributed by atoms with Crippen molar-refractivity contribution in [2.24, 2.45) is 10.9 Å². The molecule has 0 aromatic heterocycles. The molecule has 0 aliphatic heterocycles. The highest BCUT2D eigenvalue weighted by Crippen LogP contribution is 2.29. The fraction of sp³-hybridized carbons (Fsp3) is 0.286. The van der Waals surface area contributed by atoms with Gasteiger partial charge in [-0.05, 0) is 48.7 Å². The van der Waals surface area contributed by atoms with E-state index in [2.05, 4.69) is 4.99 Å². The van der Waals surface area contributed by atoms with Crippen molar-refractivity contribution in [2.45, 2.75) is 27.2 Å². The highest BCUT2D eigenvalue weighted by molar-refractivity contribution is 5.95. The van der Waals surface area contributed by atoms with Crippen molar-refractivity contribution in [1.82, 2.24) is 0 Å². The molecule has 2 aromatic rings. The molecule has 0 amide bonds. The van der Waals surface area contributed by atoms with Crippen LogP contribution < -0.4 is 9.47 Å². The Morgan fingerprint density at radius 2 is 1.89 bits per heavy atom. The Morgan fingerprint density at radius 1 is 1.15 bits per heavy atom. The number of esters is 1. The Hall–Kier alpha value is -3.15. The lowest BCUT2D eigenvalue weighted by molar-refractivity contribution is -0.135. The molecule has 2 rings (SSSR count). The Labute approximate surface area is 158 Å². The average molecular weight is 369 g/mol. The Bertz CT molecular complexity index is 842. The Balaban J connectivity index is 2.25. The maximum Gasteiger partial charge on any atom is 0.337 e. The Kier molecular flexibility index (Phi) is 7.11. The van der Waals surface area contributed by atoms with E-state index in [0.717, 1.165) is 0 Å². The third-order valence-electron chi connectivity index (χ3n) is 3.55. The minimum absolute atomic E-state index is 0.123. The number of benzene rings is 2. The van der Waals surface area contributed by atoms with E-state index in [1.807, 2.05) is 20.8 Å². The number of rotatable bonds is 8. The zero-order chi connectivity index (χ0) is 19.8. The molecule has 27 heavy (non-hydrogen) atoms. The van der Waals surface area contributed by atoms with Crippen LogP contribution in [-0.2, 0) is 4.79 Å². The molecule has 0 atom stereocenters. The van der Waals surface area contributed by atoms with Gasteiger partial charge in [0.05, 0.1) is 17.9 Å². The van der Waals surface area contributed by atoms with Gasteiger partial charge in [0.1, 0.15) is 0 Å². The van der Waals surface area contributed by atoms with Crippen molar-refractivity contribution in [3.8, 4) is 11.5 Å². The summed E-state index contributed by atoms with van der Waals surface area (Å²) in [6, 6.07) is 11.6. The van der Waals surface area contributed by atoms with Gasteiger partial charge in [0.25, 0.3) is 0 Å². The van der Waals surface area contributed by atoms with Gasteiger partial charge >= 0.3 is 11.9 Å². The molecular formula is C21H23NO5. The standard InChI is InChI=1S/C21H23NO5/c1-4-26-19-12-15(9-10-18(19)27-20(23)11-14(2)3)13-22-17-8-6-5-7-16(17)21(24)25/h5-10,12-14H,4,11H2,1-3H3,(H,24,25). The van der Waals surface area contributed by atoms with Crippen LogP contribution in [0.3, 0.4) is 0 Å². The molecular weight excluding hydrogens is 346 g/mol. The lowest BCUT2D eigenvalue weighted by atomic mass is 10.1. The van der Waals surface area contributed by atoms with Gasteiger partial charge in [0.15, 0.2) is 11.5 Å². The van der Waals surface area contributed by atoms with Gasteiger partial charge in [-0.15, -0.1) is 0 Å². The first kappa shape index (κ1) is 20.2. The van der Waals surface area contributed by atoms with E-state index < -0.39 is 5.97 Å². The first-order valence-corrected chi connectivity index (χ1v) is 8.74. The average Bonchev–Trinajstić information content (AvgIpc) is 2.61. The van der Waals surface area contributed by atoms with Crippen molar-refractivity contribution in [3.05, 3.63) is 53.6 Å². The van der Waals surface area contributed by atoms with Crippen molar-refractivity contribution in [3.63, 3.8) is 0 Å². The van der Waals surface area contributed by atoms with Crippen LogP contribution in [0.5, 0.6) is 11.5 Å². The maximum atomic E-state index is 11.9. The number of aromatic carboxylic acids is 1. The summed E-state index contributed by atoms with van der Waals surface area (Å²) in [6.45, 7) is 6.14. The first-order chi connectivity index (χ1) is 12.9. The summed E-state index contributed by atoms with van der Waals surface area (Å²) in [6.07, 6.45) is 1.87. The molecule has 0 spiro atoms. The van der Waals surface area contributed by atoms with Crippen LogP contribution in [0.1, 0.15) is 43.1 Å². The molecule has 0 aliphatic carbocycles. The number of nitrogens with zero attached hydrogens (tertiary/aromatic N) is 1. The first-order valence-electron chi connectivity index (χ1n) is 8.74. The molecule has 0 heterocycles. The fourth-order valence-electron chi connectivity index (χ4n) is 2.37. The number of para-hydroxylation sites is 1. The van der Waals surface area contributed by atoms with E-state index in [1.165, 1.54) is 6.07 Å². The van der Waals surface area contributed by atoms with Crippen molar-refractivity contribution in [1.29, 1.82) is 0 Å². The highest BCUT2D eigenvalue weighted by atomic mass is 16.6. The predicted molar refractivity (Wildman–Crippen MR) is 103 cm³/mol. The summed E-state index contributed by atoms with van der Waals surface area (Å²) in [7, 11) is 0. The zero-order valence-corrected chi connectivity index (χ0v) is 15.6. The van der Waals surface area contributed by atoms with Gasteiger partial charge in [-0.1, -0.05) is 26.0 Å². The summed E-state index contributed by atoms with van der Waals surface area (Å²) in [5, 5.41) is 9.22. The van der Waals surface area contributed by atoms with Crippen molar-refractivity contribution in [2.75, 3.05) is 6.61 Å². The van der Waals surface area contributed by atoms with Gasteiger partial charge in [0, 0.05) is 12.6 Å². The molecule has 142 valence electrons. The van der Waals surface area contributed by atoms with E-state index in [1.54, 1.807) is 42.6 Å².